The van der Waals surface area contributed by atoms with Gasteiger partial charge in [-0.3, -0.25) is 0 Å². The van der Waals surface area contributed by atoms with E-state index >= 15 is 0 Å². The van der Waals surface area contributed by atoms with Crippen LogP contribution in [0.2, 0.25) is 0 Å². The van der Waals surface area contributed by atoms with Gasteiger partial charge in [0.25, 0.3) is 0 Å². The maximum Gasteiger partial charge on any atom is 0.180 e. The van der Waals surface area contributed by atoms with Crippen LogP contribution in [-0.2, 0) is 0 Å². The van der Waals surface area contributed by atoms with Crippen LogP contribution in [0.25, 0.3) is 5.65 Å². The Morgan fingerprint density at radius 1 is 1.38 bits per heavy atom. The minimum absolute atomic E-state index is 0.0164. The molecule has 0 bridgehead atoms. The molecule has 21 heavy (non-hydrogen) atoms. The summed E-state index contributed by atoms with van der Waals surface area (Å²) in [5, 5.41) is 7.32. The second-order valence-electron chi connectivity index (χ2n) is 4.88. The van der Waals surface area contributed by atoms with Crippen LogP contribution in [0.4, 0.5) is 11.6 Å². The highest BCUT2D eigenvalue weighted by Crippen LogP contribution is 2.26. The standard InChI is InChI=1S/C13H17N7O/c1-7(11-8(2)19-21-9(11)3)16-12-13-15-4-5-20(13)6-10(17-12)18-14/h4-7,18H,14H2,1-3H3,(H,16,17). The minimum atomic E-state index is -0.0164. The van der Waals surface area contributed by atoms with Crippen LogP contribution in [0.15, 0.2) is 23.1 Å². The summed E-state index contributed by atoms with van der Waals surface area (Å²) < 4.78 is 7.06. The van der Waals surface area contributed by atoms with Gasteiger partial charge in [0.05, 0.1) is 17.9 Å². The van der Waals surface area contributed by atoms with Gasteiger partial charge in [-0.1, -0.05) is 5.16 Å². The summed E-state index contributed by atoms with van der Waals surface area (Å²) in [4.78, 5) is 8.72. The Hall–Kier alpha value is -2.61. The summed E-state index contributed by atoms with van der Waals surface area (Å²) in [6.45, 7) is 5.83. The van der Waals surface area contributed by atoms with Gasteiger partial charge >= 0.3 is 0 Å². The second-order valence-corrected chi connectivity index (χ2v) is 4.88. The minimum Gasteiger partial charge on any atom is -0.361 e. The summed E-state index contributed by atoms with van der Waals surface area (Å²) in [5.74, 6) is 7.44. The molecule has 0 fully saturated rings. The molecule has 0 radical (unpaired) electrons. The van der Waals surface area contributed by atoms with Crippen LogP contribution in [0.5, 0.6) is 0 Å². The fraction of sp³-hybridized carbons (Fsp3) is 0.308. The van der Waals surface area contributed by atoms with Crippen molar-refractivity contribution in [1.82, 2.24) is 19.5 Å². The summed E-state index contributed by atoms with van der Waals surface area (Å²) >= 11 is 0. The number of rotatable bonds is 4. The number of nitrogen functional groups attached to an aromatic ring is 1. The van der Waals surface area contributed by atoms with E-state index < -0.39 is 0 Å². The largest absolute Gasteiger partial charge is 0.361 e. The van der Waals surface area contributed by atoms with Gasteiger partial charge < -0.3 is 19.7 Å². The first-order chi connectivity index (χ1) is 10.1. The molecule has 0 amide bonds. The van der Waals surface area contributed by atoms with Crippen LogP contribution in [0, 0.1) is 13.8 Å². The molecule has 3 heterocycles. The van der Waals surface area contributed by atoms with Crippen molar-refractivity contribution < 1.29 is 4.52 Å². The van der Waals surface area contributed by atoms with Crippen molar-refractivity contribution in [3.05, 3.63) is 35.6 Å². The van der Waals surface area contributed by atoms with E-state index in [0.29, 0.717) is 11.6 Å². The van der Waals surface area contributed by atoms with E-state index in [-0.39, 0.29) is 6.04 Å². The van der Waals surface area contributed by atoms with Crippen molar-refractivity contribution in [3.63, 3.8) is 0 Å². The Bertz CT molecular complexity index is 757. The highest BCUT2D eigenvalue weighted by atomic mass is 16.5. The Balaban J connectivity index is 1.99. The summed E-state index contributed by atoms with van der Waals surface area (Å²) in [5.41, 5.74) is 5.16. The number of hydrogen-bond donors (Lipinski definition) is 3. The van der Waals surface area contributed by atoms with E-state index in [1.54, 1.807) is 12.4 Å². The van der Waals surface area contributed by atoms with E-state index in [0.717, 1.165) is 22.7 Å². The molecule has 3 rings (SSSR count). The zero-order chi connectivity index (χ0) is 15.0. The monoisotopic (exact) mass is 287 g/mol. The topological polar surface area (TPSA) is 106 Å². The molecule has 1 unspecified atom stereocenters. The molecule has 0 spiro atoms. The van der Waals surface area contributed by atoms with Crippen LogP contribution in [0.1, 0.15) is 30.0 Å². The lowest BCUT2D eigenvalue weighted by molar-refractivity contribution is 0.392. The molecule has 110 valence electrons. The third-order valence-corrected chi connectivity index (χ3v) is 3.40. The van der Waals surface area contributed by atoms with Gasteiger partial charge in [-0.25, -0.2) is 15.8 Å². The first kappa shape index (κ1) is 13.4. The Morgan fingerprint density at radius 2 is 2.19 bits per heavy atom. The maximum absolute atomic E-state index is 5.45. The van der Waals surface area contributed by atoms with Crippen LogP contribution in [0.3, 0.4) is 0 Å². The van der Waals surface area contributed by atoms with E-state index in [4.69, 9.17) is 10.4 Å². The van der Waals surface area contributed by atoms with Crippen molar-refractivity contribution in [1.29, 1.82) is 0 Å². The lowest BCUT2D eigenvalue weighted by atomic mass is 10.1. The van der Waals surface area contributed by atoms with E-state index in [9.17, 15) is 0 Å². The van der Waals surface area contributed by atoms with E-state index in [2.05, 4.69) is 25.9 Å². The first-order valence-electron chi connectivity index (χ1n) is 6.59. The molecule has 0 aliphatic rings. The normalized spacial score (nSPS) is 12.6. The third-order valence-electron chi connectivity index (χ3n) is 3.40. The van der Waals surface area contributed by atoms with Crippen molar-refractivity contribution >= 4 is 17.3 Å². The predicted octanol–water partition coefficient (Wildman–Crippen LogP) is 1.79. The lowest BCUT2D eigenvalue weighted by Gasteiger charge is -2.15. The van der Waals surface area contributed by atoms with Gasteiger partial charge in [0.1, 0.15) is 5.76 Å². The second kappa shape index (κ2) is 5.06. The van der Waals surface area contributed by atoms with Gasteiger partial charge in [0, 0.05) is 18.0 Å². The molecule has 3 aromatic heterocycles. The van der Waals surface area contributed by atoms with Crippen LogP contribution in [-0.4, -0.2) is 19.5 Å². The van der Waals surface area contributed by atoms with E-state index in [1.165, 1.54) is 0 Å². The maximum atomic E-state index is 5.45. The number of hydrogen-bond acceptors (Lipinski definition) is 7. The SMILES string of the molecule is Cc1noc(C)c1C(C)Nc1nc(NN)cn2ccnc12. The molecule has 4 N–H and O–H groups in total. The molecule has 3 aromatic rings. The average molecular weight is 287 g/mol. The Kier molecular flexibility index (Phi) is 3.22. The zero-order valence-electron chi connectivity index (χ0n) is 12.1. The van der Waals surface area contributed by atoms with Gasteiger partial charge in [-0.2, -0.15) is 0 Å². The summed E-state index contributed by atoms with van der Waals surface area (Å²) in [7, 11) is 0. The van der Waals surface area contributed by atoms with E-state index in [1.807, 2.05) is 31.4 Å². The molecule has 0 aliphatic heterocycles. The Labute approximate surface area is 121 Å². The van der Waals surface area contributed by atoms with Gasteiger partial charge in [0.15, 0.2) is 17.3 Å². The zero-order valence-corrected chi connectivity index (χ0v) is 12.1. The summed E-state index contributed by atoms with van der Waals surface area (Å²) in [6, 6.07) is -0.0164. The first-order valence-corrected chi connectivity index (χ1v) is 6.59. The van der Waals surface area contributed by atoms with Crippen LogP contribution >= 0.6 is 0 Å². The number of nitrogens with one attached hydrogen (secondary N) is 2. The van der Waals surface area contributed by atoms with Crippen molar-refractivity contribution in [2.75, 3.05) is 10.7 Å². The number of aromatic nitrogens is 4. The molecule has 1 atom stereocenters. The van der Waals surface area contributed by atoms with Crippen molar-refractivity contribution in [2.24, 2.45) is 5.84 Å². The molecular formula is C13H17N7O. The molecular weight excluding hydrogens is 270 g/mol. The number of imidazole rings is 1. The summed E-state index contributed by atoms with van der Waals surface area (Å²) in [6.07, 6.45) is 5.32. The van der Waals surface area contributed by atoms with Crippen LogP contribution < -0.4 is 16.6 Å². The van der Waals surface area contributed by atoms with Crippen molar-refractivity contribution in [2.45, 2.75) is 26.8 Å². The van der Waals surface area contributed by atoms with Gasteiger partial charge in [0.2, 0.25) is 0 Å². The Morgan fingerprint density at radius 3 is 2.86 bits per heavy atom. The molecule has 0 aromatic carbocycles. The molecule has 0 saturated heterocycles. The van der Waals surface area contributed by atoms with Gasteiger partial charge in [-0.15, -0.1) is 0 Å². The fourth-order valence-corrected chi connectivity index (χ4v) is 2.48. The quantitative estimate of drug-likeness (QED) is 0.496. The highest BCUT2D eigenvalue weighted by Gasteiger charge is 2.18. The number of nitrogens with two attached hydrogens (primary N) is 1. The lowest BCUT2D eigenvalue weighted by Crippen LogP contribution is -2.14. The smallest absolute Gasteiger partial charge is 0.180 e. The predicted molar refractivity (Wildman–Crippen MR) is 78.8 cm³/mol. The third kappa shape index (κ3) is 2.29. The fourth-order valence-electron chi connectivity index (χ4n) is 2.48. The number of anilines is 2. The number of aryl methyl sites for hydroxylation is 2. The average Bonchev–Trinajstić information content (AvgIpc) is 3.05. The molecule has 8 heteroatoms. The molecule has 0 saturated carbocycles. The number of nitrogens with zero attached hydrogens (tertiary/aromatic N) is 4. The molecule has 0 aliphatic carbocycles. The number of hydrazine groups is 1. The van der Waals surface area contributed by atoms with Crippen molar-refractivity contribution in [3.8, 4) is 0 Å². The highest BCUT2D eigenvalue weighted by molar-refractivity contribution is 5.66. The van der Waals surface area contributed by atoms with Gasteiger partial charge in [-0.05, 0) is 20.8 Å². The molecule has 8 nitrogen and oxygen atoms in total. The number of fused-ring (bicyclic) bond motifs is 1.